The zero-order valence-electron chi connectivity index (χ0n) is 60.3. The smallest absolute Gasteiger partial charge is 0.246 e. The first-order chi connectivity index (χ1) is 51.6. The van der Waals surface area contributed by atoms with Crippen LogP contribution in [0.15, 0.2) is 78.9 Å². The first-order valence-electron chi connectivity index (χ1n) is 37.2. The summed E-state index contributed by atoms with van der Waals surface area (Å²) in [6.45, 7) is 4.28. The quantitative estimate of drug-likeness (QED) is 0.0358. The molecule has 15 bridgehead atoms. The highest BCUT2D eigenvalue weighted by Crippen LogP contribution is 2.58. The highest BCUT2D eigenvalue weighted by molar-refractivity contribution is 6.32. The topological polar surface area (TPSA) is 428 Å². The third-order valence-corrected chi connectivity index (χ3v) is 23.1. The van der Waals surface area contributed by atoms with Gasteiger partial charge in [0.15, 0.2) is 28.8 Å². The summed E-state index contributed by atoms with van der Waals surface area (Å²) in [5, 5.41) is 121. The number of aliphatic hydroxyl groups is 6. The molecule has 4 aliphatic carbocycles. The third-order valence-electron chi connectivity index (χ3n) is 22.5. The van der Waals surface area contributed by atoms with Crippen molar-refractivity contribution in [2.45, 2.75) is 196 Å². The monoisotopic (exact) mass is 1530 g/mol. The van der Waals surface area contributed by atoms with Crippen molar-refractivity contribution >= 4 is 70.1 Å². The minimum atomic E-state index is -2.11. The molecule has 29 heteroatoms. The molecule has 0 aromatic heterocycles. The molecule has 4 saturated carbocycles. The van der Waals surface area contributed by atoms with Gasteiger partial charge in [-0.25, -0.2) is 0 Å². The van der Waals surface area contributed by atoms with Gasteiger partial charge in [-0.05, 0) is 170 Å². The van der Waals surface area contributed by atoms with E-state index in [1.165, 1.54) is 55.6 Å². The molecule has 108 heavy (non-hydrogen) atoms. The number of hydrogen-bond donors (Lipinski definition) is 15. The zero-order chi connectivity index (χ0) is 77.3. The molecule has 5 fully saturated rings. The van der Waals surface area contributed by atoms with Crippen molar-refractivity contribution in [3.63, 3.8) is 0 Å². The summed E-state index contributed by atoms with van der Waals surface area (Å²) in [7, 11) is 1.54. The van der Waals surface area contributed by atoms with E-state index >= 15 is 28.8 Å². The molecule has 1 saturated heterocycles. The number of aromatic hydroxyl groups is 3. The molecule has 5 aromatic rings. The third kappa shape index (κ3) is 17.1. The lowest BCUT2D eigenvalue weighted by Gasteiger charge is -2.54. The standard InChI is InChI=1S/C79H94Cl2N6O21/c1-5-6-7-8-9-10-63(95)83-33-44-26-55(92)67(86-77(103)52(82-4)17-35(2)3)69(96)39-12-15-58(50(80)24-39)105-60-27-43-28-61(74(60)108-79-73(100)72(99)71(98)62(34-88)107-79)106-59-16-13-40(25-51(59)81)70(97)68-78(104)85-66(57(94)31-46-41-19-36-18-37(21-41)22-42(46)20-36)49-29-45(89)30-54(91)64(49)48-23-38(11-14-53(48)90)47(76(102)87-68)32-56(93)65(43)84-75(44)101/h11-16,23-25,27-30,35-37,41-42,44,46-47,52,62,65-73,79,82,88-91,96-100H,5-10,17-22,26,31-34H2,1-4H3,(H,83,95)(H,84,101)(H,85,104)(H,86,103)(H,87,102)/t36?,37?,41?,42?,44-,46?,47+,52+,62?,65+,66-,67-,68-,69+,70+,71?,72?,73?,79?/m0/s1. The number of rotatable bonds is 19. The number of aliphatic hydroxyl groups excluding tert-OH is 6. The predicted molar refractivity (Wildman–Crippen MR) is 391 cm³/mol. The molecule has 0 spiro atoms. The van der Waals surface area contributed by atoms with Gasteiger partial charge >= 0.3 is 0 Å². The van der Waals surface area contributed by atoms with Gasteiger partial charge in [-0.3, -0.25) is 38.4 Å². The molecule has 10 aliphatic rings. The number of ketones is 3. The van der Waals surface area contributed by atoms with E-state index < -0.39 is 192 Å². The summed E-state index contributed by atoms with van der Waals surface area (Å²) in [6.07, 6.45) is -6.55. The van der Waals surface area contributed by atoms with Gasteiger partial charge < -0.3 is 96.8 Å². The first kappa shape index (κ1) is 79.1. The van der Waals surface area contributed by atoms with Crippen molar-refractivity contribution in [2.24, 2.45) is 41.4 Å². The maximum Gasteiger partial charge on any atom is 0.246 e. The largest absolute Gasteiger partial charge is 0.508 e. The van der Waals surface area contributed by atoms with E-state index in [1.807, 2.05) is 20.8 Å². The number of Topliss-reactive ketones (excluding diaryl/α,β-unsaturated/α-hetero) is 3. The van der Waals surface area contributed by atoms with Crippen LogP contribution in [0.3, 0.4) is 0 Å². The number of unbranched alkanes of at least 4 members (excludes halogenated alkanes) is 4. The number of ether oxygens (including phenoxy) is 4. The fraction of sp³-hybridized carbons (Fsp3) is 0.519. The van der Waals surface area contributed by atoms with E-state index in [0.717, 1.165) is 81.7 Å². The van der Waals surface area contributed by atoms with E-state index in [0.29, 0.717) is 24.7 Å². The lowest BCUT2D eigenvalue weighted by atomic mass is 9.51. The van der Waals surface area contributed by atoms with Gasteiger partial charge in [0, 0.05) is 49.4 Å². The number of benzene rings is 5. The molecule has 6 heterocycles. The molecule has 15 rings (SSSR count). The normalized spacial score (nSPS) is 29.2. The van der Waals surface area contributed by atoms with Crippen LogP contribution >= 0.6 is 23.2 Å². The van der Waals surface area contributed by atoms with Crippen molar-refractivity contribution in [1.82, 2.24) is 31.9 Å². The molecule has 580 valence electrons. The molecular weight excluding hydrogens is 1440 g/mol. The maximum absolute atomic E-state index is 16.4. The predicted octanol–water partition coefficient (Wildman–Crippen LogP) is 7.39. The molecule has 5 amide bonds. The molecule has 6 aliphatic heterocycles. The lowest BCUT2D eigenvalue weighted by Crippen LogP contribution is -2.60. The highest BCUT2D eigenvalue weighted by atomic mass is 35.5. The van der Waals surface area contributed by atoms with Crippen LogP contribution in [0, 0.1) is 41.4 Å². The van der Waals surface area contributed by atoms with Crippen molar-refractivity contribution in [1.29, 1.82) is 0 Å². The van der Waals surface area contributed by atoms with Crippen LogP contribution in [-0.2, 0) is 43.1 Å². The molecule has 5 unspecified atom stereocenters. The number of nitrogens with one attached hydrogen (secondary N) is 6. The molecule has 0 radical (unpaired) electrons. The molecule has 27 nitrogen and oxygen atoms in total. The van der Waals surface area contributed by atoms with Gasteiger partial charge in [0.25, 0.3) is 0 Å². The van der Waals surface area contributed by atoms with Crippen LogP contribution in [0.4, 0.5) is 0 Å². The van der Waals surface area contributed by atoms with E-state index in [4.69, 9.17) is 42.1 Å². The minimum absolute atomic E-state index is 0.00846. The van der Waals surface area contributed by atoms with E-state index in [-0.39, 0.29) is 103 Å². The van der Waals surface area contributed by atoms with Gasteiger partial charge in [0.1, 0.15) is 89.5 Å². The van der Waals surface area contributed by atoms with Gasteiger partial charge in [-0.1, -0.05) is 87.9 Å². The van der Waals surface area contributed by atoms with Crippen LogP contribution in [0.5, 0.6) is 46.0 Å². The number of fused-ring (bicyclic) bond motifs is 15. The van der Waals surface area contributed by atoms with Crippen molar-refractivity contribution in [3.05, 3.63) is 117 Å². The average Bonchev–Trinajstić information content (AvgIpc) is 0.739. The Kier molecular flexibility index (Phi) is 24.7. The summed E-state index contributed by atoms with van der Waals surface area (Å²) >= 11 is 14.3. The summed E-state index contributed by atoms with van der Waals surface area (Å²) in [5.74, 6) is -13.3. The Hall–Kier alpha value is -8.48. The van der Waals surface area contributed by atoms with Crippen LogP contribution in [-0.4, -0.2) is 162 Å². The number of halogens is 2. The SMILES string of the molecule is CCCCCCCC(=O)NC[C@@H]1CC(=O)[C@H](NC(=O)[C@@H](CC(C)C)NC)[C@H](O)c2ccc(c(Cl)c2)Oc2cc3cc(c2OC2OC(CO)C(O)C(O)C2O)Oc2ccc(cc2Cl)[C@@H](O)[C@@H]2NC(=O)[C@H](CC(=O)[C@@H]3NC1=O)c1ccc(O)c(c1)-c1c(O)cc(O)cc1[C@@H](C(=O)CC1C3CC4CC(C3)CC1C4)NC2=O. The number of amides is 5. The summed E-state index contributed by atoms with van der Waals surface area (Å²) in [6, 6.07) is 6.96. The Morgan fingerprint density at radius 3 is 1.92 bits per heavy atom. The van der Waals surface area contributed by atoms with E-state index in [1.54, 1.807) is 0 Å². The van der Waals surface area contributed by atoms with E-state index in [9.17, 15) is 55.5 Å². The summed E-state index contributed by atoms with van der Waals surface area (Å²) in [5.41, 5.74) is -1.27. The Morgan fingerprint density at radius 2 is 1.30 bits per heavy atom. The van der Waals surface area contributed by atoms with Crippen molar-refractivity contribution in [2.75, 3.05) is 20.2 Å². The minimum Gasteiger partial charge on any atom is -0.508 e. The fourth-order valence-corrected chi connectivity index (χ4v) is 17.5. The second kappa shape index (κ2) is 33.8. The lowest BCUT2D eigenvalue weighted by molar-refractivity contribution is -0.277. The van der Waals surface area contributed by atoms with Gasteiger partial charge in [-0.2, -0.15) is 0 Å². The molecule has 5 aromatic carbocycles. The number of phenolic OH excluding ortho intramolecular Hbond substituents is 3. The van der Waals surface area contributed by atoms with Crippen LogP contribution in [0.1, 0.15) is 175 Å². The first-order valence-corrected chi connectivity index (χ1v) is 37.9. The number of carbonyl (C=O) groups is 8. The Morgan fingerprint density at radius 1 is 0.657 bits per heavy atom. The van der Waals surface area contributed by atoms with Gasteiger partial charge in [-0.15, -0.1) is 0 Å². The summed E-state index contributed by atoms with van der Waals surface area (Å²) in [4.78, 5) is 123. The second-order valence-corrected chi connectivity index (χ2v) is 31.3. The van der Waals surface area contributed by atoms with Crippen molar-refractivity contribution in [3.8, 4) is 57.1 Å². The van der Waals surface area contributed by atoms with Gasteiger partial charge in [0.05, 0.1) is 34.5 Å². The molecular formula is C79H94Cl2N6O21. The van der Waals surface area contributed by atoms with Crippen LogP contribution in [0.25, 0.3) is 11.1 Å². The highest BCUT2D eigenvalue weighted by Gasteiger charge is 2.51. The Bertz CT molecular complexity index is 4220. The van der Waals surface area contributed by atoms with Crippen LogP contribution < -0.4 is 46.1 Å². The molecule has 14 atom stereocenters. The van der Waals surface area contributed by atoms with E-state index in [2.05, 4.69) is 31.9 Å². The van der Waals surface area contributed by atoms with Crippen LogP contribution in [0.2, 0.25) is 10.0 Å². The van der Waals surface area contributed by atoms with Crippen molar-refractivity contribution < 1.29 is 103 Å². The number of likely N-dealkylation sites (N-methyl/N-ethyl adjacent to an activating group) is 1. The summed E-state index contributed by atoms with van der Waals surface area (Å²) < 4.78 is 25.6. The Balaban J connectivity index is 1.05. The number of hydrogen-bond acceptors (Lipinski definition) is 22. The molecule has 15 N–H and O–H groups in total. The number of carbonyl (C=O) groups excluding carboxylic acids is 8. The number of phenols is 3. The maximum atomic E-state index is 16.4. The Labute approximate surface area is 633 Å². The second-order valence-electron chi connectivity index (χ2n) is 30.5. The van der Waals surface area contributed by atoms with Gasteiger partial charge in [0.2, 0.25) is 41.6 Å². The zero-order valence-corrected chi connectivity index (χ0v) is 61.8. The fourth-order valence-electron chi connectivity index (χ4n) is 17.0. The average molecular weight is 1530 g/mol.